The van der Waals surface area contributed by atoms with Crippen LogP contribution in [0.3, 0.4) is 0 Å². The van der Waals surface area contributed by atoms with E-state index in [-0.39, 0.29) is 18.4 Å². The number of esters is 1. The molecule has 1 amide bonds. The molecule has 1 aliphatic heterocycles. The van der Waals surface area contributed by atoms with Gasteiger partial charge in [0.25, 0.3) is 5.91 Å². The van der Waals surface area contributed by atoms with E-state index in [2.05, 4.69) is 10.4 Å². The summed E-state index contributed by atoms with van der Waals surface area (Å²) in [6.07, 6.45) is 4.70. The van der Waals surface area contributed by atoms with E-state index in [1.807, 2.05) is 13.8 Å². The summed E-state index contributed by atoms with van der Waals surface area (Å²) in [4.78, 5) is 24.9. The number of rotatable bonds is 6. The Hall–Kier alpha value is -2.68. The van der Waals surface area contributed by atoms with E-state index in [9.17, 15) is 9.59 Å². The third-order valence-electron chi connectivity index (χ3n) is 5.08. The van der Waals surface area contributed by atoms with Crippen LogP contribution in [0.2, 0.25) is 0 Å². The second-order valence-corrected chi connectivity index (χ2v) is 7.70. The van der Waals surface area contributed by atoms with E-state index in [1.54, 1.807) is 28.7 Å². The molecule has 0 fully saturated rings. The number of hydrogen-bond donors (Lipinski definition) is 1. The minimum atomic E-state index is -0.433. The van der Waals surface area contributed by atoms with Crippen LogP contribution in [0.25, 0.3) is 0 Å². The summed E-state index contributed by atoms with van der Waals surface area (Å²) < 4.78 is 14.4. The van der Waals surface area contributed by atoms with Crippen molar-refractivity contribution in [3.8, 4) is 0 Å². The van der Waals surface area contributed by atoms with Crippen LogP contribution in [0, 0.1) is 5.92 Å². The molecule has 0 saturated heterocycles. The molecule has 0 aromatic carbocycles. The summed E-state index contributed by atoms with van der Waals surface area (Å²) in [7, 11) is 1.75. The number of amides is 1. The lowest BCUT2D eigenvalue weighted by molar-refractivity contribution is 0.0440. The van der Waals surface area contributed by atoms with Crippen molar-refractivity contribution in [1.29, 1.82) is 0 Å². The Balaban J connectivity index is 1.71. The number of ether oxygens (including phenoxy) is 2. The van der Waals surface area contributed by atoms with Crippen LogP contribution in [0.1, 0.15) is 58.9 Å². The van der Waals surface area contributed by atoms with Crippen molar-refractivity contribution in [3.63, 3.8) is 0 Å². The number of carbonyl (C=O) groups is 2. The first-order chi connectivity index (χ1) is 14.5. The highest BCUT2D eigenvalue weighted by molar-refractivity contribution is 5.94. The topological polar surface area (TPSA) is 100 Å². The van der Waals surface area contributed by atoms with Gasteiger partial charge in [0, 0.05) is 45.1 Å². The number of aryl methyl sites for hydroxylation is 2. The highest BCUT2D eigenvalue weighted by atomic mass is 16.5. The maximum Gasteiger partial charge on any atom is 0.358 e. The number of fused-ring (bicyclic) bond motifs is 1. The lowest BCUT2D eigenvalue weighted by Gasteiger charge is -2.12. The highest BCUT2D eigenvalue weighted by Gasteiger charge is 2.24. The maximum atomic E-state index is 12.8. The average Bonchev–Trinajstić information content (AvgIpc) is 3.30. The van der Waals surface area contributed by atoms with Crippen LogP contribution >= 0.6 is 0 Å². The molecular formula is C21H31N5O4. The summed E-state index contributed by atoms with van der Waals surface area (Å²) >= 11 is 0. The molecule has 9 heteroatoms. The molecule has 9 nitrogen and oxygen atoms in total. The van der Waals surface area contributed by atoms with Crippen molar-refractivity contribution in [2.24, 2.45) is 13.0 Å². The quantitative estimate of drug-likeness (QED) is 0.719. The average molecular weight is 418 g/mol. The van der Waals surface area contributed by atoms with Crippen LogP contribution in [-0.4, -0.2) is 57.8 Å². The molecule has 0 spiro atoms. The van der Waals surface area contributed by atoms with Crippen molar-refractivity contribution >= 4 is 11.9 Å². The Bertz CT molecular complexity index is 873. The molecule has 1 N–H and O–H groups in total. The van der Waals surface area contributed by atoms with E-state index in [0.29, 0.717) is 44.1 Å². The standard InChI is InChI=1S/C21H31N5O4/c1-4-26-19-16(7-5-11-29-12-6-9-22-20(19)27)18(24-26)13-15(2)14-30-21(28)17-8-10-25(3)23-17/h8,10,15H,4-7,9,11-14H2,1-3H3,(H,22,27)/t15-/m1/s1. The minimum Gasteiger partial charge on any atom is -0.461 e. The summed E-state index contributed by atoms with van der Waals surface area (Å²) in [5.74, 6) is -0.460. The van der Waals surface area contributed by atoms with Gasteiger partial charge in [-0.3, -0.25) is 14.2 Å². The molecule has 30 heavy (non-hydrogen) atoms. The van der Waals surface area contributed by atoms with E-state index < -0.39 is 5.97 Å². The van der Waals surface area contributed by atoms with Crippen molar-refractivity contribution in [1.82, 2.24) is 24.9 Å². The minimum absolute atomic E-state index is 0.0551. The fourth-order valence-electron chi connectivity index (χ4n) is 3.58. The van der Waals surface area contributed by atoms with Crippen molar-refractivity contribution in [2.75, 3.05) is 26.4 Å². The van der Waals surface area contributed by atoms with Gasteiger partial charge in [-0.05, 0) is 44.6 Å². The molecule has 3 rings (SSSR count). The molecule has 0 saturated carbocycles. The molecular weight excluding hydrogens is 386 g/mol. The zero-order valence-corrected chi connectivity index (χ0v) is 18.0. The number of hydrogen-bond acceptors (Lipinski definition) is 6. The van der Waals surface area contributed by atoms with Gasteiger partial charge in [-0.1, -0.05) is 6.92 Å². The molecule has 3 heterocycles. The Morgan fingerprint density at radius 1 is 1.33 bits per heavy atom. The Labute approximate surface area is 176 Å². The Kier molecular flexibility index (Phi) is 7.62. The van der Waals surface area contributed by atoms with Gasteiger partial charge >= 0.3 is 5.97 Å². The maximum absolute atomic E-state index is 12.8. The predicted molar refractivity (Wildman–Crippen MR) is 110 cm³/mol. The fraction of sp³-hybridized carbons (Fsp3) is 0.619. The lowest BCUT2D eigenvalue weighted by atomic mass is 9.99. The number of carbonyl (C=O) groups excluding carboxylic acids is 2. The van der Waals surface area contributed by atoms with Gasteiger partial charge in [0.2, 0.25) is 0 Å². The van der Waals surface area contributed by atoms with Crippen molar-refractivity contribution in [2.45, 2.75) is 46.1 Å². The zero-order chi connectivity index (χ0) is 21.5. The molecule has 2 aromatic heterocycles. The molecule has 0 bridgehead atoms. The fourth-order valence-corrected chi connectivity index (χ4v) is 3.58. The second-order valence-electron chi connectivity index (χ2n) is 7.70. The largest absolute Gasteiger partial charge is 0.461 e. The van der Waals surface area contributed by atoms with Crippen LogP contribution in [0.5, 0.6) is 0 Å². The second kappa shape index (κ2) is 10.4. The van der Waals surface area contributed by atoms with Crippen molar-refractivity contribution < 1.29 is 19.1 Å². The third kappa shape index (κ3) is 5.47. The van der Waals surface area contributed by atoms with Gasteiger partial charge < -0.3 is 14.8 Å². The molecule has 1 aliphatic rings. The van der Waals surface area contributed by atoms with Gasteiger partial charge in [0.15, 0.2) is 5.69 Å². The van der Waals surface area contributed by atoms with Gasteiger partial charge in [-0.2, -0.15) is 10.2 Å². The molecule has 0 unspecified atom stereocenters. The monoisotopic (exact) mass is 417 g/mol. The highest BCUT2D eigenvalue weighted by Crippen LogP contribution is 2.21. The van der Waals surface area contributed by atoms with Crippen molar-refractivity contribution in [3.05, 3.63) is 34.9 Å². The molecule has 1 atom stereocenters. The summed E-state index contributed by atoms with van der Waals surface area (Å²) in [6.45, 7) is 6.79. The molecule has 2 aromatic rings. The van der Waals surface area contributed by atoms with E-state index in [4.69, 9.17) is 14.6 Å². The summed E-state index contributed by atoms with van der Waals surface area (Å²) in [6, 6.07) is 1.63. The van der Waals surface area contributed by atoms with Gasteiger partial charge in [-0.15, -0.1) is 0 Å². The summed E-state index contributed by atoms with van der Waals surface area (Å²) in [5, 5.41) is 11.8. The Morgan fingerprint density at radius 2 is 2.13 bits per heavy atom. The first-order valence-electron chi connectivity index (χ1n) is 10.6. The number of aromatic nitrogens is 4. The van der Waals surface area contributed by atoms with Crippen LogP contribution in [0.4, 0.5) is 0 Å². The van der Waals surface area contributed by atoms with E-state index in [0.717, 1.165) is 30.5 Å². The third-order valence-corrected chi connectivity index (χ3v) is 5.08. The number of nitrogens with one attached hydrogen (secondary N) is 1. The predicted octanol–water partition coefficient (Wildman–Crippen LogP) is 1.75. The van der Waals surface area contributed by atoms with E-state index >= 15 is 0 Å². The summed E-state index contributed by atoms with van der Waals surface area (Å²) in [5.41, 5.74) is 2.81. The van der Waals surface area contributed by atoms with Crippen LogP contribution in [-0.2, 0) is 35.9 Å². The van der Waals surface area contributed by atoms with Gasteiger partial charge in [-0.25, -0.2) is 4.79 Å². The molecule has 0 radical (unpaired) electrons. The smallest absolute Gasteiger partial charge is 0.358 e. The Morgan fingerprint density at radius 3 is 2.87 bits per heavy atom. The molecule has 0 aliphatic carbocycles. The van der Waals surface area contributed by atoms with Gasteiger partial charge in [0.1, 0.15) is 5.69 Å². The zero-order valence-electron chi connectivity index (χ0n) is 18.0. The van der Waals surface area contributed by atoms with E-state index in [1.165, 1.54) is 0 Å². The van der Waals surface area contributed by atoms with Crippen LogP contribution in [0.15, 0.2) is 12.3 Å². The normalized spacial score (nSPS) is 16.3. The number of nitrogens with zero attached hydrogens (tertiary/aromatic N) is 4. The van der Waals surface area contributed by atoms with Crippen LogP contribution < -0.4 is 5.32 Å². The molecule has 164 valence electrons. The SMILES string of the molecule is CCn1nc(C[C@@H](C)COC(=O)c2ccn(C)n2)c2c1C(=O)NCCCOCCC2. The van der Waals surface area contributed by atoms with Gasteiger partial charge in [0.05, 0.1) is 12.3 Å². The lowest BCUT2D eigenvalue weighted by Crippen LogP contribution is -2.28. The first-order valence-corrected chi connectivity index (χ1v) is 10.6. The first kappa shape index (κ1) is 22.0.